The number of rotatable bonds is 1. The molecule has 4 heteroatoms. The third-order valence-corrected chi connectivity index (χ3v) is 4.39. The predicted octanol–water partition coefficient (Wildman–Crippen LogP) is 3.29. The molecule has 0 unspecified atom stereocenters. The second-order valence-corrected chi connectivity index (χ2v) is 5.81. The van der Waals surface area contributed by atoms with Crippen LogP contribution in [0.4, 0.5) is 4.39 Å². The molecule has 3 aromatic rings. The summed E-state index contributed by atoms with van der Waals surface area (Å²) in [7, 11) is 1.64. The summed E-state index contributed by atoms with van der Waals surface area (Å²) in [5, 5.41) is 4.30. The molecule has 1 aromatic heterocycles. The number of benzene rings is 2. The van der Waals surface area contributed by atoms with Crippen LogP contribution in [0.15, 0.2) is 42.5 Å². The lowest BCUT2D eigenvalue weighted by Crippen LogP contribution is -2.24. The molecule has 0 atom stereocenters. The first-order valence-electron chi connectivity index (χ1n) is 7.95. The minimum absolute atomic E-state index is 0.212. The van der Waals surface area contributed by atoms with E-state index in [-0.39, 0.29) is 5.82 Å². The lowest BCUT2D eigenvalue weighted by atomic mass is 10.1. The molecule has 1 aliphatic rings. The monoisotopic (exact) mass is 320 g/mol. The van der Waals surface area contributed by atoms with Gasteiger partial charge in [-0.05, 0) is 53.9 Å². The minimum atomic E-state index is -0.212. The van der Waals surface area contributed by atoms with E-state index in [0.29, 0.717) is 0 Å². The van der Waals surface area contributed by atoms with Crippen molar-refractivity contribution in [2.24, 2.45) is 0 Å². The molecule has 1 N–H and O–H groups in total. The zero-order valence-corrected chi connectivity index (χ0v) is 13.4. The summed E-state index contributed by atoms with van der Waals surface area (Å²) in [5.41, 5.74) is 4.21. The highest BCUT2D eigenvalue weighted by Crippen LogP contribution is 2.28. The van der Waals surface area contributed by atoms with E-state index in [1.165, 1.54) is 11.8 Å². The third-order valence-electron chi connectivity index (χ3n) is 4.39. The topological polar surface area (TPSA) is 26.2 Å². The van der Waals surface area contributed by atoms with Crippen molar-refractivity contribution < 1.29 is 9.13 Å². The average Bonchev–Trinajstić information content (AvgIpc) is 2.93. The molecule has 0 aliphatic carbocycles. The number of aromatic nitrogens is 1. The fourth-order valence-corrected chi connectivity index (χ4v) is 3.18. The van der Waals surface area contributed by atoms with Gasteiger partial charge in [-0.1, -0.05) is 0 Å². The second kappa shape index (κ2) is 6.03. The fraction of sp³-hybridized carbons (Fsp3) is 0.200. The van der Waals surface area contributed by atoms with E-state index in [1.54, 1.807) is 13.2 Å². The largest absolute Gasteiger partial charge is 0.497 e. The van der Waals surface area contributed by atoms with Gasteiger partial charge in [-0.2, -0.15) is 0 Å². The van der Waals surface area contributed by atoms with Gasteiger partial charge in [0.1, 0.15) is 11.6 Å². The zero-order chi connectivity index (χ0) is 16.5. The highest BCUT2D eigenvalue weighted by atomic mass is 19.1. The average molecular weight is 320 g/mol. The Bertz CT molecular complexity index is 961. The summed E-state index contributed by atoms with van der Waals surface area (Å²) < 4.78 is 20.8. The van der Waals surface area contributed by atoms with Crippen LogP contribution in [0.2, 0.25) is 0 Å². The first kappa shape index (κ1) is 14.8. The van der Waals surface area contributed by atoms with Gasteiger partial charge in [0.2, 0.25) is 0 Å². The standard InChI is InChI=1S/C20H17FN2O/c1-24-16-5-2-14(3-6-16)9-11-23-19-7-4-15(21)12-17(19)18-13-22-10-8-20(18)23/h2-7,12,22H,8,10,13H2,1H3. The number of nitrogens with one attached hydrogen (secondary N) is 1. The van der Waals surface area contributed by atoms with Crippen molar-refractivity contribution in [3.63, 3.8) is 0 Å². The van der Waals surface area contributed by atoms with Crippen molar-refractivity contribution >= 4 is 10.9 Å². The van der Waals surface area contributed by atoms with Crippen molar-refractivity contribution in [2.75, 3.05) is 13.7 Å². The summed E-state index contributed by atoms with van der Waals surface area (Å²) in [6.07, 6.45) is 0.892. The van der Waals surface area contributed by atoms with Crippen molar-refractivity contribution in [3.8, 4) is 17.7 Å². The third kappa shape index (κ3) is 2.53. The molecule has 1 aliphatic heterocycles. The number of halogens is 1. The molecule has 0 saturated heterocycles. The highest BCUT2D eigenvalue weighted by Gasteiger charge is 2.19. The van der Waals surface area contributed by atoms with Crippen LogP contribution in [-0.2, 0) is 13.0 Å². The molecular weight excluding hydrogens is 303 g/mol. The maximum atomic E-state index is 13.7. The van der Waals surface area contributed by atoms with Gasteiger partial charge in [0.05, 0.1) is 12.6 Å². The van der Waals surface area contributed by atoms with Gasteiger partial charge in [-0.3, -0.25) is 4.57 Å². The summed E-state index contributed by atoms with van der Waals surface area (Å²) in [6, 6.07) is 15.8. The maximum Gasteiger partial charge on any atom is 0.123 e. The van der Waals surface area contributed by atoms with Gasteiger partial charge in [-0.25, -0.2) is 4.39 Å². The van der Waals surface area contributed by atoms with Crippen molar-refractivity contribution in [1.82, 2.24) is 9.88 Å². The van der Waals surface area contributed by atoms with E-state index in [1.807, 2.05) is 34.9 Å². The Morgan fingerprint density at radius 1 is 1.17 bits per heavy atom. The molecule has 0 amide bonds. The molecule has 0 spiro atoms. The zero-order valence-electron chi connectivity index (χ0n) is 13.4. The van der Waals surface area contributed by atoms with Crippen molar-refractivity contribution in [2.45, 2.75) is 13.0 Å². The molecule has 2 heterocycles. The summed E-state index contributed by atoms with van der Waals surface area (Å²) in [6.45, 7) is 1.67. The van der Waals surface area contributed by atoms with Gasteiger partial charge in [0.15, 0.2) is 0 Å². The van der Waals surface area contributed by atoms with E-state index in [2.05, 4.69) is 17.3 Å². The smallest absolute Gasteiger partial charge is 0.123 e. The number of hydrogen-bond donors (Lipinski definition) is 1. The second-order valence-electron chi connectivity index (χ2n) is 5.81. The van der Waals surface area contributed by atoms with Gasteiger partial charge in [0.25, 0.3) is 0 Å². The van der Waals surface area contributed by atoms with Crippen LogP contribution in [0, 0.1) is 17.8 Å². The SMILES string of the molecule is COc1ccc(C#Cn2c3c(c4cc(F)ccc42)CNCC3)cc1. The van der Waals surface area contributed by atoms with Crippen LogP contribution in [0.5, 0.6) is 5.75 Å². The van der Waals surface area contributed by atoms with Gasteiger partial charge >= 0.3 is 0 Å². The highest BCUT2D eigenvalue weighted by molar-refractivity contribution is 5.87. The summed E-state index contributed by atoms with van der Waals surface area (Å²) in [5.74, 6) is 3.80. The van der Waals surface area contributed by atoms with Crippen LogP contribution in [0.25, 0.3) is 10.9 Å². The van der Waals surface area contributed by atoms with E-state index in [4.69, 9.17) is 4.74 Å². The van der Waals surface area contributed by atoms with E-state index in [9.17, 15) is 4.39 Å². The maximum absolute atomic E-state index is 13.7. The molecule has 0 fully saturated rings. The Morgan fingerprint density at radius 3 is 2.79 bits per heavy atom. The van der Waals surface area contributed by atoms with Gasteiger partial charge in [0, 0.05) is 42.2 Å². The summed E-state index contributed by atoms with van der Waals surface area (Å²) >= 11 is 0. The Labute approximate surface area is 140 Å². The van der Waals surface area contributed by atoms with Crippen LogP contribution in [0.1, 0.15) is 16.8 Å². The Morgan fingerprint density at radius 2 is 2.00 bits per heavy atom. The normalized spacial score (nSPS) is 13.2. The van der Waals surface area contributed by atoms with E-state index >= 15 is 0 Å². The van der Waals surface area contributed by atoms with Gasteiger partial charge in [-0.15, -0.1) is 0 Å². The molecule has 2 aromatic carbocycles. The minimum Gasteiger partial charge on any atom is -0.497 e. The molecule has 3 nitrogen and oxygen atoms in total. The first-order valence-corrected chi connectivity index (χ1v) is 7.95. The molecule has 0 radical (unpaired) electrons. The van der Waals surface area contributed by atoms with Crippen molar-refractivity contribution in [1.29, 1.82) is 0 Å². The number of nitrogens with zero attached hydrogens (tertiary/aromatic N) is 1. The van der Waals surface area contributed by atoms with Crippen LogP contribution in [-0.4, -0.2) is 18.2 Å². The number of methoxy groups -OCH3 is 1. The molecular formula is C20H17FN2O. The number of fused-ring (bicyclic) bond motifs is 3. The number of hydrogen-bond acceptors (Lipinski definition) is 2. The number of ether oxygens (including phenoxy) is 1. The molecule has 4 rings (SSSR count). The van der Waals surface area contributed by atoms with Crippen LogP contribution < -0.4 is 10.1 Å². The van der Waals surface area contributed by atoms with Crippen LogP contribution >= 0.6 is 0 Å². The molecule has 0 bridgehead atoms. The predicted molar refractivity (Wildman–Crippen MR) is 92.6 cm³/mol. The van der Waals surface area contributed by atoms with Crippen LogP contribution in [0.3, 0.4) is 0 Å². The fourth-order valence-electron chi connectivity index (χ4n) is 3.18. The van der Waals surface area contributed by atoms with Gasteiger partial charge < -0.3 is 10.1 Å². The van der Waals surface area contributed by atoms with E-state index < -0.39 is 0 Å². The summed E-state index contributed by atoms with van der Waals surface area (Å²) in [4.78, 5) is 0. The first-order chi connectivity index (χ1) is 11.8. The molecule has 24 heavy (non-hydrogen) atoms. The Balaban J connectivity index is 1.83. The molecule has 0 saturated carbocycles. The van der Waals surface area contributed by atoms with Crippen molar-refractivity contribution in [3.05, 3.63) is 65.1 Å². The Hall–Kier alpha value is -2.77. The van der Waals surface area contributed by atoms with E-state index in [0.717, 1.165) is 47.3 Å². The lowest BCUT2D eigenvalue weighted by Gasteiger charge is -2.14. The lowest BCUT2D eigenvalue weighted by molar-refractivity contribution is 0.415. The Kier molecular flexibility index (Phi) is 3.72. The quantitative estimate of drug-likeness (QED) is 0.696. The molecule has 120 valence electrons.